The zero-order valence-electron chi connectivity index (χ0n) is 15.3. The molecule has 0 bridgehead atoms. The van der Waals surface area contributed by atoms with Gasteiger partial charge in [0.25, 0.3) is 0 Å². The second kappa shape index (κ2) is 10.7. The smallest absolute Gasteiger partial charge is 0.239 e. The summed E-state index contributed by atoms with van der Waals surface area (Å²) < 4.78 is 37.9. The van der Waals surface area contributed by atoms with E-state index in [0.29, 0.717) is 0 Å². The van der Waals surface area contributed by atoms with Gasteiger partial charge in [-0.1, -0.05) is 12.1 Å². The fourth-order valence-electron chi connectivity index (χ4n) is 1.96. The zero-order valence-corrected chi connectivity index (χ0v) is 18.4. The van der Waals surface area contributed by atoms with Crippen LogP contribution < -0.4 is 16.0 Å². The van der Waals surface area contributed by atoms with Crippen molar-refractivity contribution in [1.82, 2.24) is 16.0 Å². The number of benzene rings is 1. The maximum atomic E-state index is 13.6. The molecule has 0 saturated carbocycles. The Morgan fingerprint density at radius 2 is 1.81 bits per heavy atom. The third-order valence-electron chi connectivity index (χ3n) is 2.99. The highest BCUT2D eigenvalue weighted by Crippen LogP contribution is 2.14. The predicted octanol–water partition coefficient (Wildman–Crippen LogP) is 1.30. The first kappa shape index (κ1) is 24.6. The third-order valence-corrected chi connectivity index (χ3v) is 4.73. The Balaban J connectivity index is 0.00000625. The summed E-state index contributed by atoms with van der Waals surface area (Å²) in [6.07, 6.45) is 0. The van der Waals surface area contributed by atoms with Crippen LogP contribution in [0.15, 0.2) is 34.2 Å². The summed E-state index contributed by atoms with van der Waals surface area (Å²) in [6, 6.07) is 5.24. The first-order valence-corrected chi connectivity index (χ1v) is 9.43. The second-order valence-corrected chi connectivity index (χ2v) is 8.48. The van der Waals surface area contributed by atoms with Crippen molar-refractivity contribution in [2.45, 2.75) is 31.2 Å². The quantitative estimate of drug-likeness (QED) is 0.311. The molecule has 0 aliphatic carbocycles. The molecule has 26 heavy (non-hydrogen) atoms. The molecular formula is C16H26FIN4O3S. The van der Waals surface area contributed by atoms with E-state index in [1.165, 1.54) is 25.2 Å². The Labute approximate surface area is 171 Å². The number of hydrogen-bond acceptors (Lipinski definition) is 4. The van der Waals surface area contributed by atoms with Crippen LogP contribution in [0.3, 0.4) is 0 Å². The van der Waals surface area contributed by atoms with Crippen LogP contribution in [0, 0.1) is 5.82 Å². The molecule has 0 aromatic heterocycles. The Morgan fingerprint density at radius 3 is 2.35 bits per heavy atom. The van der Waals surface area contributed by atoms with Crippen LogP contribution in [0.25, 0.3) is 0 Å². The predicted molar refractivity (Wildman–Crippen MR) is 111 cm³/mol. The lowest BCUT2D eigenvalue weighted by Crippen LogP contribution is -2.48. The molecule has 148 valence electrons. The van der Waals surface area contributed by atoms with Crippen molar-refractivity contribution >= 4 is 45.7 Å². The summed E-state index contributed by atoms with van der Waals surface area (Å²) in [7, 11) is -2.25. The van der Waals surface area contributed by atoms with Gasteiger partial charge in [-0.15, -0.1) is 24.0 Å². The summed E-state index contributed by atoms with van der Waals surface area (Å²) in [5, 5.41) is 8.36. The Bertz CT molecular complexity index is 733. The van der Waals surface area contributed by atoms with E-state index in [9.17, 15) is 17.6 Å². The van der Waals surface area contributed by atoms with Crippen molar-refractivity contribution in [3.8, 4) is 0 Å². The highest BCUT2D eigenvalue weighted by atomic mass is 127. The SMILES string of the molecule is CN=C(NCCS(=O)(=O)c1ccccc1F)NCC(=O)NC(C)(C)C.I. The van der Waals surface area contributed by atoms with Crippen LogP contribution in [0.1, 0.15) is 20.8 Å². The molecule has 0 spiro atoms. The fourth-order valence-corrected chi connectivity index (χ4v) is 3.20. The number of halogens is 2. The second-order valence-electron chi connectivity index (χ2n) is 6.40. The molecule has 3 N–H and O–H groups in total. The van der Waals surface area contributed by atoms with Gasteiger partial charge in [-0.05, 0) is 32.9 Å². The number of aliphatic imine (C=N–C) groups is 1. The van der Waals surface area contributed by atoms with Crippen LogP contribution in [0.4, 0.5) is 4.39 Å². The van der Waals surface area contributed by atoms with Gasteiger partial charge in [-0.3, -0.25) is 9.79 Å². The van der Waals surface area contributed by atoms with Gasteiger partial charge in [0.05, 0.1) is 12.3 Å². The summed E-state index contributed by atoms with van der Waals surface area (Å²) in [5.41, 5.74) is -0.344. The number of carbonyl (C=O) groups excluding carboxylic acids is 1. The summed E-state index contributed by atoms with van der Waals surface area (Å²) in [6.45, 7) is 5.62. The van der Waals surface area contributed by atoms with E-state index in [-0.39, 0.29) is 65.1 Å². The highest BCUT2D eigenvalue weighted by Gasteiger charge is 2.18. The molecule has 0 atom stereocenters. The van der Waals surface area contributed by atoms with Crippen LogP contribution in [0.5, 0.6) is 0 Å². The molecule has 0 saturated heterocycles. The van der Waals surface area contributed by atoms with E-state index >= 15 is 0 Å². The van der Waals surface area contributed by atoms with Gasteiger partial charge in [0.15, 0.2) is 15.8 Å². The van der Waals surface area contributed by atoms with Crippen LogP contribution in [0.2, 0.25) is 0 Å². The van der Waals surface area contributed by atoms with Crippen LogP contribution in [-0.4, -0.2) is 51.7 Å². The molecule has 0 radical (unpaired) electrons. The monoisotopic (exact) mass is 500 g/mol. The normalized spacial score (nSPS) is 12.1. The molecule has 0 unspecified atom stereocenters. The lowest BCUT2D eigenvalue weighted by molar-refractivity contribution is -0.121. The fraction of sp³-hybridized carbons (Fsp3) is 0.500. The van der Waals surface area contributed by atoms with Crippen molar-refractivity contribution < 1.29 is 17.6 Å². The maximum absolute atomic E-state index is 13.6. The molecule has 1 rings (SSSR count). The minimum Gasteiger partial charge on any atom is -0.355 e. The zero-order chi connectivity index (χ0) is 19.1. The van der Waals surface area contributed by atoms with E-state index in [1.807, 2.05) is 20.8 Å². The molecule has 7 nitrogen and oxygen atoms in total. The van der Waals surface area contributed by atoms with Crippen molar-refractivity contribution in [3.05, 3.63) is 30.1 Å². The van der Waals surface area contributed by atoms with Gasteiger partial charge < -0.3 is 16.0 Å². The Hall–Kier alpha value is -1.43. The van der Waals surface area contributed by atoms with E-state index in [4.69, 9.17) is 0 Å². The van der Waals surface area contributed by atoms with Crippen LogP contribution >= 0.6 is 24.0 Å². The number of nitrogens with zero attached hydrogens (tertiary/aromatic N) is 1. The summed E-state index contributed by atoms with van der Waals surface area (Å²) in [5.74, 6) is -1.01. The standard InChI is InChI=1S/C16H25FN4O3S.HI/c1-16(2,3)21-14(22)11-20-15(18-4)19-9-10-25(23,24)13-8-6-5-7-12(13)17;/h5-8H,9-11H2,1-4H3,(H,21,22)(H2,18,19,20);1H. The van der Waals surface area contributed by atoms with Crippen molar-refractivity contribution in [2.75, 3.05) is 25.9 Å². The number of nitrogens with one attached hydrogen (secondary N) is 3. The van der Waals surface area contributed by atoms with E-state index in [0.717, 1.165) is 6.07 Å². The molecule has 1 aromatic rings. The summed E-state index contributed by atoms with van der Waals surface area (Å²) in [4.78, 5) is 15.3. The van der Waals surface area contributed by atoms with Gasteiger partial charge in [0.1, 0.15) is 10.7 Å². The summed E-state index contributed by atoms with van der Waals surface area (Å²) >= 11 is 0. The number of carbonyl (C=O) groups is 1. The minimum absolute atomic E-state index is 0. The lowest BCUT2D eigenvalue weighted by Gasteiger charge is -2.21. The highest BCUT2D eigenvalue weighted by molar-refractivity contribution is 14.0. The Morgan fingerprint density at radius 1 is 1.19 bits per heavy atom. The molecule has 10 heteroatoms. The minimum atomic E-state index is -3.75. The van der Waals surface area contributed by atoms with Gasteiger partial charge in [0, 0.05) is 19.1 Å². The largest absolute Gasteiger partial charge is 0.355 e. The number of hydrogen-bond donors (Lipinski definition) is 3. The molecule has 0 heterocycles. The van der Waals surface area contributed by atoms with Crippen molar-refractivity contribution in [2.24, 2.45) is 4.99 Å². The Kier molecular flexibility index (Phi) is 10.1. The van der Waals surface area contributed by atoms with Gasteiger partial charge in [0.2, 0.25) is 5.91 Å². The number of guanidine groups is 1. The van der Waals surface area contributed by atoms with Gasteiger partial charge in [-0.2, -0.15) is 0 Å². The van der Waals surface area contributed by atoms with Crippen molar-refractivity contribution in [3.63, 3.8) is 0 Å². The van der Waals surface area contributed by atoms with Crippen molar-refractivity contribution in [1.29, 1.82) is 0 Å². The maximum Gasteiger partial charge on any atom is 0.239 e. The molecule has 1 aromatic carbocycles. The van der Waals surface area contributed by atoms with E-state index in [2.05, 4.69) is 20.9 Å². The first-order valence-electron chi connectivity index (χ1n) is 7.78. The van der Waals surface area contributed by atoms with E-state index < -0.39 is 15.7 Å². The lowest BCUT2D eigenvalue weighted by atomic mass is 10.1. The molecular weight excluding hydrogens is 474 g/mol. The molecule has 0 aliphatic heterocycles. The average Bonchev–Trinajstić information content (AvgIpc) is 2.49. The number of sulfone groups is 1. The van der Waals surface area contributed by atoms with Gasteiger partial charge in [-0.25, -0.2) is 12.8 Å². The number of amides is 1. The number of rotatable bonds is 6. The third kappa shape index (κ3) is 8.79. The molecule has 0 fully saturated rings. The van der Waals surface area contributed by atoms with Crippen LogP contribution in [-0.2, 0) is 14.6 Å². The van der Waals surface area contributed by atoms with Gasteiger partial charge >= 0.3 is 0 Å². The molecule has 0 aliphatic rings. The molecule has 1 amide bonds. The topological polar surface area (TPSA) is 99.7 Å². The van der Waals surface area contributed by atoms with E-state index in [1.54, 1.807) is 0 Å². The first-order chi connectivity index (χ1) is 11.5. The average molecular weight is 500 g/mol.